The maximum atomic E-state index is 2.42. The minimum absolute atomic E-state index is 0.373. The molecule has 0 bridgehead atoms. The highest BCUT2D eigenvalue weighted by Gasteiger charge is 2.37. The topological polar surface area (TPSA) is 0 Å². The van der Waals surface area contributed by atoms with Crippen LogP contribution in [0.2, 0.25) is 11.6 Å². The molecule has 0 aromatic carbocycles. The van der Waals surface area contributed by atoms with Gasteiger partial charge in [0, 0.05) is 21.2 Å². The Morgan fingerprint density at radius 3 is 2.43 bits per heavy atom. The monoisotopic (exact) mass is 181 g/mol. The van der Waals surface area contributed by atoms with E-state index in [2.05, 4.69) is 63.2 Å². The molecule has 0 aliphatic carbocycles. The first kappa shape index (κ1) is 12.4. The highest BCUT2D eigenvalue weighted by Crippen LogP contribution is 2.47. The number of rotatable bonds is 3. The minimum Gasteiger partial charge on any atom is -0.0912 e. The summed E-state index contributed by atoms with van der Waals surface area (Å²) in [5.74, 6) is 1.47. The summed E-state index contributed by atoms with van der Waals surface area (Å²) in [5, 5.41) is 0.373. The first-order valence-electron chi connectivity index (χ1n) is 5.81. The van der Waals surface area contributed by atoms with Crippen molar-refractivity contribution in [3.05, 3.63) is 0 Å². The van der Waals surface area contributed by atoms with Crippen LogP contribution in [0.1, 0.15) is 34.1 Å². The summed E-state index contributed by atoms with van der Waals surface area (Å²) in [6.07, 6.45) is 2.45. The van der Waals surface area contributed by atoms with Crippen LogP contribution in [0.4, 0.5) is 0 Å². The highest BCUT2D eigenvalue weighted by molar-refractivity contribution is 7.54. The molecule has 1 aliphatic heterocycles. The zero-order chi connectivity index (χ0) is 10.6. The predicted octanol–water partition coefficient (Wildman–Crippen LogP) is 1.46. The molecule has 1 aliphatic rings. The van der Waals surface area contributed by atoms with Crippen LogP contribution in [0.25, 0.3) is 0 Å². The summed E-state index contributed by atoms with van der Waals surface area (Å²) in [4.78, 5) is 0. The number of hydrogen-bond acceptors (Lipinski definition) is 0. The van der Waals surface area contributed by atoms with Crippen LogP contribution in [0.5, 0.6) is 0 Å². The highest BCUT2D eigenvalue weighted by atomic mass is 14.3. The fourth-order valence-electron chi connectivity index (χ4n) is 2.46. The van der Waals surface area contributed by atoms with Gasteiger partial charge in [0.2, 0.25) is 0 Å². The van der Waals surface area contributed by atoms with Crippen molar-refractivity contribution >= 4 is 35.5 Å². The Labute approximate surface area is 93.5 Å². The van der Waals surface area contributed by atoms with Gasteiger partial charge in [-0.1, -0.05) is 45.8 Å². The Morgan fingerprint density at radius 2 is 1.86 bits per heavy atom. The van der Waals surface area contributed by atoms with E-state index in [1.54, 1.807) is 0 Å². The summed E-state index contributed by atoms with van der Waals surface area (Å²) in [6, 6.07) is 0. The molecule has 5 heteroatoms. The second-order valence-corrected chi connectivity index (χ2v) is 4.76. The van der Waals surface area contributed by atoms with Crippen molar-refractivity contribution < 1.29 is 0 Å². The lowest BCUT2D eigenvalue weighted by molar-refractivity contribution is 0.310. The summed E-state index contributed by atoms with van der Waals surface area (Å²) in [6.45, 7) is 9.36. The van der Waals surface area contributed by atoms with Crippen molar-refractivity contribution in [2.24, 2.45) is 11.8 Å². The van der Waals surface area contributed by atoms with Gasteiger partial charge in [-0.2, -0.15) is 0 Å². The molecule has 0 aromatic heterocycles. The van der Waals surface area contributed by atoms with Crippen LogP contribution in [-0.2, 0) is 0 Å². The smallest absolute Gasteiger partial charge is 0.0627 e. The zero-order valence-corrected chi connectivity index (χ0v) is 9.96. The standard InChI is InChI=1S/C9H18B5/c1-5-8(4)9(7(2)3)6-10-12-14-13-11-9/h7-8H,5-6H2,1-4H3. The third-order valence-corrected chi connectivity index (χ3v) is 3.84. The van der Waals surface area contributed by atoms with Gasteiger partial charge in [0.05, 0.1) is 14.3 Å². The van der Waals surface area contributed by atoms with E-state index in [4.69, 9.17) is 0 Å². The first-order chi connectivity index (χ1) is 6.63. The molecule has 14 heavy (non-hydrogen) atoms. The molecular weight excluding hydrogens is 162 g/mol. The Bertz CT molecular complexity index is 163. The average Bonchev–Trinajstić information content (AvgIpc) is 2.42. The van der Waals surface area contributed by atoms with Gasteiger partial charge < -0.3 is 0 Å². The first-order valence-corrected chi connectivity index (χ1v) is 5.81. The van der Waals surface area contributed by atoms with Crippen LogP contribution in [0.3, 0.4) is 0 Å². The van der Waals surface area contributed by atoms with Crippen molar-refractivity contribution in [2.45, 2.75) is 45.8 Å². The lowest BCUT2D eigenvalue weighted by atomic mass is 9.02. The van der Waals surface area contributed by atoms with Gasteiger partial charge in [0.25, 0.3) is 0 Å². The molecule has 0 aromatic rings. The lowest BCUT2D eigenvalue weighted by Gasteiger charge is -2.43. The summed E-state index contributed by atoms with van der Waals surface area (Å²) in [5.41, 5.74) is 0. The van der Waals surface area contributed by atoms with E-state index in [1.807, 2.05) is 0 Å². The molecule has 2 atom stereocenters. The maximum absolute atomic E-state index is 2.42. The Balaban J connectivity index is 2.77. The molecule has 5 radical (unpaired) electrons. The molecule has 1 heterocycles. The molecule has 1 fully saturated rings. The van der Waals surface area contributed by atoms with Crippen molar-refractivity contribution in [1.29, 1.82) is 0 Å². The molecule has 1 rings (SSSR count). The largest absolute Gasteiger partial charge is 0.0912 e. The van der Waals surface area contributed by atoms with Gasteiger partial charge in [-0.15, -0.1) is 0 Å². The molecule has 1 saturated heterocycles. The van der Waals surface area contributed by atoms with Gasteiger partial charge in [0.15, 0.2) is 0 Å². The Hall–Kier alpha value is 0.325. The molecule has 0 amide bonds. The van der Waals surface area contributed by atoms with Crippen molar-refractivity contribution in [1.82, 2.24) is 0 Å². The van der Waals surface area contributed by atoms with E-state index in [9.17, 15) is 0 Å². The summed E-state index contributed by atoms with van der Waals surface area (Å²) < 4.78 is 0. The van der Waals surface area contributed by atoms with Crippen LogP contribution in [-0.4, -0.2) is 35.5 Å². The molecule has 0 N–H and O–H groups in total. The van der Waals surface area contributed by atoms with Gasteiger partial charge in [0.1, 0.15) is 0 Å². The average molecular weight is 180 g/mol. The van der Waals surface area contributed by atoms with Crippen LogP contribution in [0.15, 0.2) is 0 Å². The van der Waals surface area contributed by atoms with Gasteiger partial charge in [-0.25, -0.2) is 0 Å². The fourth-order valence-corrected chi connectivity index (χ4v) is 2.46. The molecule has 0 nitrogen and oxygen atoms in total. The van der Waals surface area contributed by atoms with Crippen LogP contribution >= 0.6 is 0 Å². The van der Waals surface area contributed by atoms with Crippen LogP contribution < -0.4 is 0 Å². The molecular formula is C9H18B5. The van der Waals surface area contributed by atoms with Crippen molar-refractivity contribution in [2.75, 3.05) is 0 Å². The fraction of sp³-hybridized carbons (Fsp3) is 1.00. The van der Waals surface area contributed by atoms with E-state index in [-0.39, 0.29) is 0 Å². The SMILES string of the molecule is CCC(C)C1(C(C)C)[B][B][B][B][B]C1. The van der Waals surface area contributed by atoms with Crippen LogP contribution in [0, 0.1) is 11.8 Å². The quantitative estimate of drug-likeness (QED) is 0.577. The van der Waals surface area contributed by atoms with Gasteiger partial charge in [-0.3, -0.25) is 0 Å². The zero-order valence-electron chi connectivity index (χ0n) is 9.96. The van der Waals surface area contributed by atoms with E-state index in [0.29, 0.717) is 11.2 Å². The Morgan fingerprint density at radius 1 is 1.14 bits per heavy atom. The second kappa shape index (κ2) is 5.42. The maximum Gasteiger partial charge on any atom is 0.0627 e. The number of hydrogen-bond donors (Lipinski definition) is 0. The normalized spacial score (nSPS) is 28.6. The van der Waals surface area contributed by atoms with Gasteiger partial charge >= 0.3 is 0 Å². The van der Waals surface area contributed by atoms with E-state index < -0.39 is 0 Å². The van der Waals surface area contributed by atoms with Crippen molar-refractivity contribution in [3.63, 3.8) is 0 Å². The predicted molar refractivity (Wildman–Crippen MR) is 70.6 cm³/mol. The molecule has 0 saturated carbocycles. The third-order valence-electron chi connectivity index (χ3n) is 3.84. The second-order valence-electron chi connectivity index (χ2n) is 4.76. The van der Waals surface area contributed by atoms with Crippen molar-refractivity contribution in [3.8, 4) is 0 Å². The van der Waals surface area contributed by atoms with Gasteiger partial charge in [-0.05, 0) is 11.8 Å². The summed E-state index contributed by atoms with van der Waals surface area (Å²) in [7, 11) is 11.3. The van der Waals surface area contributed by atoms with E-state index >= 15 is 0 Å². The van der Waals surface area contributed by atoms with E-state index in [1.165, 1.54) is 12.7 Å². The summed E-state index contributed by atoms with van der Waals surface area (Å²) >= 11 is 0. The minimum atomic E-state index is 0.373. The third kappa shape index (κ3) is 2.46. The molecule has 2 unspecified atom stereocenters. The Kier molecular flexibility index (Phi) is 4.80. The molecule has 69 valence electrons. The molecule has 0 spiro atoms. The lowest BCUT2D eigenvalue weighted by Crippen LogP contribution is -2.36. The van der Waals surface area contributed by atoms with E-state index in [0.717, 1.165) is 5.92 Å².